The first-order valence-electron chi connectivity index (χ1n) is 10.1. The SMILES string of the molecule is Cc1cnc(C2CN(c3cnc(C(F)(F)F)cn3)CCN2C(=O)C2CCS(=O)(=O)CC2)s1. The van der Waals surface area contributed by atoms with Gasteiger partial charge >= 0.3 is 6.18 Å². The molecule has 0 aliphatic carbocycles. The van der Waals surface area contributed by atoms with Gasteiger partial charge in [0.2, 0.25) is 5.91 Å². The van der Waals surface area contributed by atoms with Crippen molar-refractivity contribution in [1.82, 2.24) is 19.9 Å². The Labute approximate surface area is 187 Å². The average molecular weight is 490 g/mol. The minimum Gasteiger partial charge on any atom is -0.351 e. The number of carbonyl (C=O) groups is 1. The summed E-state index contributed by atoms with van der Waals surface area (Å²) in [4.78, 5) is 29.6. The zero-order valence-electron chi connectivity index (χ0n) is 17.2. The summed E-state index contributed by atoms with van der Waals surface area (Å²) >= 11 is 1.45. The van der Waals surface area contributed by atoms with Crippen LogP contribution in [0.2, 0.25) is 0 Å². The fourth-order valence-electron chi connectivity index (χ4n) is 3.99. The standard InChI is InChI=1S/C19H22F3N5O3S2/c1-12-8-25-17(31-12)14-11-26(16-10-23-15(9-24-16)19(20,21)22)4-5-27(14)18(28)13-2-6-32(29,30)7-3-13/h8-10,13-14H,2-7,11H2,1H3. The van der Waals surface area contributed by atoms with Crippen molar-refractivity contribution in [1.29, 1.82) is 0 Å². The van der Waals surface area contributed by atoms with E-state index in [1.165, 1.54) is 11.3 Å². The summed E-state index contributed by atoms with van der Waals surface area (Å²) in [5, 5.41) is 0.726. The molecule has 1 amide bonds. The Hall–Kier alpha value is -2.28. The van der Waals surface area contributed by atoms with Crippen molar-refractivity contribution in [3.05, 3.63) is 34.2 Å². The third-order valence-electron chi connectivity index (χ3n) is 5.74. The zero-order valence-corrected chi connectivity index (χ0v) is 18.9. The van der Waals surface area contributed by atoms with Crippen LogP contribution in [0.3, 0.4) is 0 Å². The smallest absolute Gasteiger partial charge is 0.351 e. The molecular weight excluding hydrogens is 467 g/mol. The molecule has 0 aromatic carbocycles. The number of piperazine rings is 1. The molecular formula is C19H22F3N5O3S2. The minimum absolute atomic E-state index is 0.00550. The van der Waals surface area contributed by atoms with Crippen LogP contribution in [0.5, 0.6) is 0 Å². The largest absolute Gasteiger partial charge is 0.434 e. The number of amides is 1. The third-order valence-corrected chi connectivity index (χ3v) is 8.47. The van der Waals surface area contributed by atoms with Crippen molar-refractivity contribution in [2.45, 2.75) is 32.0 Å². The maximum Gasteiger partial charge on any atom is 0.434 e. The average Bonchev–Trinajstić information content (AvgIpc) is 3.18. The number of nitrogens with zero attached hydrogens (tertiary/aromatic N) is 5. The number of halogens is 3. The van der Waals surface area contributed by atoms with Crippen LogP contribution in [0.1, 0.15) is 34.5 Å². The highest BCUT2D eigenvalue weighted by molar-refractivity contribution is 7.91. The Morgan fingerprint density at radius 2 is 1.81 bits per heavy atom. The molecule has 2 fully saturated rings. The molecule has 2 aromatic heterocycles. The van der Waals surface area contributed by atoms with Gasteiger partial charge in [-0.3, -0.25) is 4.79 Å². The quantitative estimate of drug-likeness (QED) is 0.654. The van der Waals surface area contributed by atoms with Gasteiger partial charge in [-0.2, -0.15) is 13.2 Å². The molecule has 0 N–H and O–H groups in total. The van der Waals surface area contributed by atoms with Gasteiger partial charge < -0.3 is 9.80 Å². The van der Waals surface area contributed by atoms with Crippen LogP contribution >= 0.6 is 11.3 Å². The summed E-state index contributed by atoms with van der Waals surface area (Å²) in [6, 6.07) is -0.405. The Kier molecular flexibility index (Phi) is 6.14. The van der Waals surface area contributed by atoms with Gasteiger partial charge in [-0.05, 0) is 19.8 Å². The van der Waals surface area contributed by atoms with Crippen LogP contribution in [-0.4, -0.2) is 65.3 Å². The van der Waals surface area contributed by atoms with Gasteiger partial charge in [0.15, 0.2) is 5.69 Å². The van der Waals surface area contributed by atoms with Crippen LogP contribution < -0.4 is 4.90 Å². The van der Waals surface area contributed by atoms with Crippen LogP contribution in [0.25, 0.3) is 0 Å². The van der Waals surface area contributed by atoms with E-state index in [0.717, 1.165) is 16.1 Å². The van der Waals surface area contributed by atoms with Crippen LogP contribution in [0.15, 0.2) is 18.6 Å². The van der Waals surface area contributed by atoms with Gasteiger partial charge in [0.1, 0.15) is 26.7 Å². The Morgan fingerprint density at radius 1 is 1.09 bits per heavy atom. The molecule has 1 atom stereocenters. The van der Waals surface area contributed by atoms with E-state index in [9.17, 15) is 26.4 Å². The van der Waals surface area contributed by atoms with Gasteiger partial charge in [0.25, 0.3) is 0 Å². The van der Waals surface area contributed by atoms with E-state index in [1.54, 1.807) is 16.0 Å². The van der Waals surface area contributed by atoms with E-state index in [4.69, 9.17) is 0 Å². The summed E-state index contributed by atoms with van der Waals surface area (Å²) in [7, 11) is -3.09. The molecule has 4 rings (SSSR count). The molecule has 0 spiro atoms. The summed E-state index contributed by atoms with van der Waals surface area (Å²) in [5.41, 5.74) is -1.06. The lowest BCUT2D eigenvalue weighted by Crippen LogP contribution is -2.53. The van der Waals surface area contributed by atoms with Gasteiger partial charge in [-0.15, -0.1) is 11.3 Å². The summed E-state index contributed by atoms with van der Waals surface area (Å²) in [6.07, 6.45) is -0.448. The molecule has 32 heavy (non-hydrogen) atoms. The second-order valence-corrected chi connectivity index (χ2v) is 11.6. The first-order chi connectivity index (χ1) is 15.0. The summed E-state index contributed by atoms with van der Waals surface area (Å²) in [5.74, 6) is -0.153. The fourth-order valence-corrected chi connectivity index (χ4v) is 6.36. The molecule has 174 valence electrons. The Morgan fingerprint density at radius 3 is 2.38 bits per heavy atom. The number of aryl methyl sites for hydroxylation is 1. The highest BCUT2D eigenvalue weighted by Gasteiger charge is 2.39. The number of rotatable bonds is 3. The first-order valence-corrected chi connectivity index (χ1v) is 12.7. The van der Waals surface area contributed by atoms with Crippen molar-refractivity contribution in [3.8, 4) is 0 Å². The number of carbonyl (C=O) groups excluding carboxylic acids is 1. The second-order valence-electron chi connectivity index (χ2n) is 7.99. The van der Waals surface area contributed by atoms with E-state index in [2.05, 4.69) is 15.0 Å². The van der Waals surface area contributed by atoms with Crippen LogP contribution in [0, 0.1) is 12.8 Å². The van der Waals surface area contributed by atoms with E-state index in [1.807, 2.05) is 6.92 Å². The fraction of sp³-hybridized carbons (Fsp3) is 0.579. The predicted octanol–water partition coefficient (Wildman–Crippen LogP) is 2.48. The molecule has 1 unspecified atom stereocenters. The summed E-state index contributed by atoms with van der Waals surface area (Å²) < 4.78 is 61.9. The van der Waals surface area contributed by atoms with Crippen molar-refractivity contribution >= 4 is 32.9 Å². The maximum absolute atomic E-state index is 13.3. The molecule has 2 aliphatic rings. The normalized spacial score (nSPS) is 22.2. The van der Waals surface area contributed by atoms with Crippen LogP contribution in [0.4, 0.5) is 19.0 Å². The van der Waals surface area contributed by atoms with Gasteiger partial charge in [-0.25, -0.2) is 23.4 Å². The number of anilines is 1. The molecule has 8 nitrogen and oxygen atoms in total. The number of alkyl halides is 3. The van der Waals surface area contributed by atoms with Crippen molar-refractivity contribution in [3.63, 3.8) is 0 Å². The lowest BCUT2D eigenvalue weighted by atomic mass is 9.99. The first kappa shape index (κ1) is 22.9. The van der Waals surface area contributed by atoms with E-state index in [-0.39, 0.29) is 23.3 Å². The minimum atomic E-state index is -4.56. The highest BCUT2D eigenvalue weighted by atomic mass is 32.2. The lowest BCUT2D eigenvalue weighted by Gasteiger charge is -2.42. The molecule has 0 saturated carbocycles. The second kappa shape index (κ2) is 8.58. The molecule has 2 aromatic rings. The molecule has 13 heteroatoms. The number of hydrogen-bond donors (Lipinski definition) is 0. The highest BCUT2D eigenvalue weighted by Crippen LogP contribution is 2.34. The molecule has 4 heterocycles. The maximum atomic E-state index is 13.3. The monoisotopic (exact) mass is 489 g/mol. The van der Waals surface area contributed by atoms with Crippen LogP contribution in [-0.2, 0) is 20.8 Å². The number of aromatic nitrogens is 3. The van der Waals surface area contributed by atoms with E-state index in [0.29, 0.717) is 44.5 Å². The Balaban J connectivity index is 1.55. The number of hydrogen-bond acceptors (Lipinski definition) is 8. The van der Waals surface area contributed by atoms with E-state index >= 15 is 0 Å². The molecule has 0 radical (unpaired) electrons. The molecule has 0 bridgehead atoms. The Bertz CT molecular complexity index is 1070. The predicted molar refractivity (Wildman–Crippen MR) is 112 cm³/mol. The van der Waals surface area contributed by atoms with Gasteiger partial charge in [0.05, 0.1) is 23.9 Å². The lowest BCUT2D eigenvalue weighted by molar-refractivity contribution is -0.141. The van der Waals surface area contributed by atoms with Gasteiger partial charge in [0, 0.05) is 36.6 Å². The van der Waals surface area contributed by atoms with Gasteiger partial charge in [-0.1, -0.05) is 0 Å². The number of sulfone groups is 1. The van der Waals surface area contributed by atoms with Crippen molar-refractivity contribution in [2.75, 3.05) is 36.0 Å². The summed E-state index contributed by atoms with van der Waals surface area (Å²) in [6.45, 7) is 2.91. The zero-order chi connectivity index (χ0) is 23.1. The van der Waals surface area contributed by atoms with Crippen molar-refractivity contribution < 1.29 is 26.4 Å². The topological polar surface area (TPSA) is 96.4 Å². The van der Waals surface area contributed by atoms with E-state index < -0.39 is 27.7 Å². The molecule has 2 saturated heterocycles. The number of thiazole rings is 1. The molecule has 2 aliphatic heterocycles. The third kappa shape index (κ3) is 4.87. The van der Waals surface area contributed by atoms with Crippen molar-refractivity contribution in [2.24, 2.45) is 5.92 Å².